The average molecular weight is 422 g/mol. The van der Waals surface area contributed by atoms with Gasteiger partial charge in [0.05, 0.1) is 11.4 Å². The molecule has 2 aromatic carbocycles. The Morgan fingerprint density at radius 2 is 1.86 bits per heavy atom. The minimum absolute atomic E-state index is 0.161. The molecule has 6 nitrogen and oxygen atoms in total. The normalized spacial score (nSPS) is 15.1. The van der Waals surface area contributed by atoms with Gasteiger partial charge in [-0.1, -0.05) is 35.9 Å². The second kappa shape index (κ2) is 9.05. The zero-order valence-electron chi connectivity index (χ0n) is 15.8. The number of benzene rings is 2. The summed E-state index contributed by atoms with van der Waals surface area (Å²) in [7, 11) is -1.68. The van der Waals surface area contributed by atoms with E-state index in [0.29, 0.717) is 30.3 Å². The van der Waals surface area contributed by atoms with Crippen molar-refractivity contribution in [2.75, 3.05) is 32.0 Å². The van der Waals surface area contributed by atoms with Crippen molar-refractivity contribution in [3.63, 3.8) is 0 Å². The summed E-state index contributed by atoms with van der Waals surface area (Å²) in [6.45, 7) is 1.79. The summed E-state index contributed by atoms with van der Waals surface area (Å²) in [6, 6.07) is 13.9. The number of anilines is 1. The number of halogens is 1. The fourth-order valence-corrected chi connectivity index (χ4v) is 4.99. The van der Waals surface area contributed by atoms with Gasteiger partial charge in [0.15, 0.2) is 0 Å². The maximum Gasteiger partial charge on any atom is 0.243 e. The Kier molecular flexibility index (Phi) is 6.72. The molecule has 8 heteroatoms. The minimum atomic E-state index is -3.51. The number of nitrogens with one attached hydrogen (secondary N) is 1. The second-order valence-corrected chi connectivity index (χ2v) is 9.30. The second-order valence-electron chi connectivity index (χ2n) is 6.95. The number of likely N-dealkylation sites (N-methyl/N-ethyl adjacent to an activating group) is 1. The fourth-order valence-electron chi connectivity index (χ4n) is 3.23. The number of amides is 1. The van der Waals surface area contributed by atoms with Crippen LogP contribution in [-0.4, -0.2) is 50.2 Å². The summed E-state index contributed by atoms with van der Waals surface area (Å²) in [4.78, 5) is 14.4. The lowest BCUT2D eigenvalue weighted by atomic mass is 10.2. The molecule has 1 aliphatic rings. The number of rotatable bonds is 7. The monoisotopic (exact) mass is 421 g/mol. The van der Waals surface area contributed by atoms with Gasteiger partial charge in [0.25, 0.3) is 0 Å². The zero-order chi connectivity index (χ0) is 20.1. The largest absolute Gasteiger partial charge is 0.325 e. The van der Waals surface area contributed by atoms with Crippen molar-refractivity contribution in [2.24, 2.45) is 0 Å². The molecule has 0 bridgehead atoms. The van der Waals surface area contributed by atoms with Crippen LogP contribution in [0, 0.1) is 0 Å². The molecule has 1 saturated heterocycles. The molecular weight excluding hydrogens is 398 g/mol. The van der Waals surface area contributed by atoms with Crippen molar-refractivity contribution in [1.82, 2.24) is 9.21 Å². The highest BCUT2D eigenvalue weighted by molar-refractivity contribution is 7.89. The molecule has 1 amide bonds. The number of hydrogen-bond acceptors (Lipinski definition) is 4. The summed E-state index contributed by atoms with van der Waals surface area (Å²) in [6.07, 6.45) is 1.76. The summed E-state index contributed by atoms with van der Waals surface area (Å²) in [5, 5.41) is 3.44. The Morgan fingerprint density at radius 3 is 2.57 bits per heavy atom. The van der Waals surface area contributed by atoms with Gasteiger partial charge in [0, 0.05) is 30.3 Å². The first-order valence-electron chi connectivity index (χ1n) is 9.18. The number of hydrogen-bond donors (Lipinski definition) is 1. The standard InChI is InChI=1S/C20H24ClN3O3S/c1-23(14-16-7-2-3-10-19(16)21)15-20(25)22-17-8-6-9-18(13-17)28(26,27)24-11-4-5-12-24/h2-3,6-10,13H,4-5,11-12,14-15H2,1H3,(H,22,25). The molecule has 1 heterocycles. The van der Waals surface area contributed by atoms with Crippen LogP contribution in [0.4, 0.5) is 5.69 Å². The molecule has 0 radical (unpaired) electrons. The van der Waals surface area contributed by atoms with E-state index in [9.17, 15) is 13.2 Å². The molecule has 0 aliphatic carbocycles. The van der Waals surface area contributed by atoms with Crippen molar-refractivity contribution < 1.29 is 13.2 Å². The van der Waals surface area contributed by atoms with Gasteiger partial charge in [-0.2, -0.15) is 4.31 Å². The van der Waals surface area contributed by atoms with Crippen LogP contribution in [0.1, 0.15) is 18.4 Å². The van der Waals surface area contributed by atoms with E-state index in [2.05, 4.69) is 5.32 Å². The first-order valence-corrected chi connectivity index (χ1v) is 11.0. The molecule has 1 aliphatic heterocycles. The van der Waals surface area contributed by atoms with Gasteiger partial charge in [-0.3, -0.25) is 9.69 Å². The van der Waals surface area contributed by atoms with Gasteiger partial charge in [0.1, 0.15) is 0 Å². The molecule has 1 fully saturated rings. The Hall–Kier alpha value is -1.93. The van der Waals surface area contributed by atoms with E-state index in [0.717, 1.165) is 18.4 Å². The van der Waals surface area contributed by atoms with Crippen molar-refractivity contribution in [1.29, 1.82) is 0 Å². The van der Waals surface area contributed by atoms with Crippen molar-refractivity contribution in [3.8, 4) is 0 Å². The number of carbonyl (C=O) groups excluding carboxylic acids is 1. The fraction of sp³-hybridized carbons (Fsp3) is 0.350. The maximum atomic E-state index is 12.7. The van der Waals surface area contributed by atoms with Gasteiger partial charge in [0.2, 0.25) is 15.9 Å². The van der Waals surface area contributed by atoms with Gasteiger partial charge in [-0.05, 0) is 49.7 Å². The molecule has 0 unspecified atom stereocenters. The first-order chi connectivity index (χ1) is 13.4. The van der Waals surface area contributed by atoms with Crippen LogP contribution in [-0.2, 0) is 21.4 Å². The molecule has 0 spiro atoms. The van der Waals surface area contributed by atoms with Crippen LogP contribution < -0.4 is 5.32 Å². The Bertz CT molecular complexity index is 943. The van der Waals surface area contributed by atoms with E-state index in [-0.39, 0.29) is 17.3 Å². The van der Waals surface area contributed by atoms with E-state index >= 15 is 0 Å². The van der Waals surface area contributed by atoms with Crippen LogP contribution in [0.2, 0.25) is 5.02 Å². The third kappa shape index (κ3) is 5.11. The molecular formula is C20H24ClN3O3S. The SMILES string of the molecule is CN(CC(=O)Nc1cccc(S(=O)(=O)N2CCCC2)c1)Cc1ccccc1Cl. The number of carbonyl (C=O) groups is 1. The lowest BCUT2D eigenvalue weighted by Gasteiger charge is -2.18. The number of nitrogens with zero attached hydrogens (tertiary/aromatic N) is 2. The highest BCUT2D eigenvalue weighted by Crippen LogP contribution is 2.23. The zero-order valence-corrected chi connectivity index (χ0v) is 17.3. The van der Waals surface area contributed by atoms with Gasteiger partial charge in [-0.15, -0.1) is 0 Å². The molecule has 0 saturated carbocycles. The van der Waals surface area contributed by atoms with Gasteiger partial charge < -0.3 is 5.32 Å². The number of sulfonamides is 1. The third-order valence-corrected chi connectivity index (χ3v) is 6.90. The molecule has 2 aromatic rings. The van der Waals surface area contributed by atoms with Crippen molar-refractivity contribution in [3.05, 3.63) is 59.1 Å². The summed E-state index contributed by atoms with van der Waals surface area (Å²) in [5.74, 6) is -0.217. The van der Waals surface area contributed by atoms with E-state index in [1.165, 1.54) is 10.4 Å². The van der Waals surface area contributed by atoms with Crippen molar-refractivity contribution in [2.45, 2.75) is 24.3 Å². The van der Waals surface area contributed by atoms with E-state index < -0.39 is 10.0 Å². The topological polar surface area (TPSA) is 69.7 Å². The van der Waals surface area contributed by atoms with Crippen LogP contribution in [0.25, 0.3) is 0 Å². The first kappa shape index (κ1) is 20.8. The predicted molar refractivity (Wildman–Crippen MR) is 111 cm³/mol. The molecule has 28 heavy (non-hydrogen) atoms. The lowest BCUT2D eigenvalue weighted by Crippen LogP contribution is -2.30. The van der Waals surface area contributed by atoms with Gasteiger partial charge in [-0.25, -0.2) is 8.42 Å². The quantitative estimate of drug-likeness (QED) is 0.745. The predicted octanol–water partition coefficient (Wildman–Crippen LogP) is 3.20. The van der Waals surface area contributed by atoms with Crippen molar-refractivity contribution >= 4 is 33.2 Å². The molecule has 0 aromatic heterocycles. The highest BCUT2D eigenvalue weighted by atomic mass is 35.5. The summed E-state index contributed by atoms with van der Waals surface area (Å²) in [5.41, 5.74) is 1.41. The van der Waals surface area contributed by atoms with E-state index in [1.807, 2.05) is 36.2 Å². The van der Waals surface area contributed by atoms with E-state index in [4.69, 9.17) is 11.6 Å². The Balaban J connectivity index is 1.62. The Labute approximate surface area is 171 Å². The van der Waals surface area contributed by atoms with Crippen LogP contribution >= 0.6 is 11.6 Å². The highest BCUT2D eigenvalue weighted by Gasteiger charge is 2.27. The molecule has 3 rings (SSSR count). The third-order valence-electron chi connectivity index (χ3n) is 4.63. The Morgan fingerprint density at radius 1 is 1.14 bits per heavy atom. The molecule has 1 N–H and O–H groups in total. The smallest absolute Gasteiger partial charge is 0.243 e. The minimum Gasteiger partial charge on any atom is -0.325 e. The average Bonchev–Trinajstić information content (AvgIpc) is 3.19. The van der Waals surface area contributed by atoms with Crippen LogP contribution in [0.15, 0.2) is 53.4 Å². The summed E-state index contributed by atoms with van der Waals surface area (Å²) >= 11 is 6.16. The lowest BCUT2D eigenvalue weighted by molar-refractivity contribution is -0.117. The summed E-state index contributed by atoms with van der Waals surface area (Å²) < 4.78 is 26.8. The maximum absolute atomic E-state index is 12.7. The van der Waals surface area contributed by atoms with E-state index in [1.54, 1.807) is 18.2 Å². The van der Waals surface area contributed by atoms with Crippen LogP contribution in [0.3, 0.4) is 0 Å². The van der Waals surface area contributed by atoms with Gasteiger partial charge >= 0.3 is 0 Å². The van der Waals surface area contributed by atoms with Crippen LogP contribution in [0.5, 0.6) is 0 Å². The molecule has 0 atom stereocenters. The molecule has 150 valence electrons.